The second-order valence-corrected chi connectivity index (χ2v) is 11.9. The zero-order valence-electron chi connectivity index (χ0n) is 20.6. The predicted molar refractivity (Wildman–Crippen MR) is 132 cm³/mol. The lowest BCUT2D eigenvalue weighted by molar-refractivity contribution is -0.202. The fourth-order valence-corrected chi connectivity index (χ4v) is 8.11. The molecule has 1 aromatic carbocycles. The lowest BCUT2D eigenvalue weighted by atomic mass is 9.43. The number of fused-ring (bicyclic) bond motifs is 3. The third kappa shape index (κ3) is 3.90. The average Bonchev–Trinajstić information content (AvgIpc) is 3.40. The van der Waals surface area contributed by atoms with Crippen LogP contribution in [0.4, 0.5) is 0 Å². The van der Waals surface area contributed by atoms with E-state index in [1.165, 1.54) is 13.4 Å². The number of benzene rings is 1. The second kappa shape index (κ2) is 9.21. The first-order valence-corrected chi connectivity index (χ1v) is 13.2. The number of ketones is 1. The van der Waals surface area contributed by atoms with Crippen molar-refractivity contribution in [2.45, 2.75) is 50.9 Å². The van der Waals surface area contributed by atoms with Crippen LogP contribution in [0.3, 0.4) is 0 Å². The summed E-state index contributed by atoms with van der Waals surface area (Å²) in [6, 6.07) is 10.6. The summed E-state index contributed by atoms with van der Waals surface area (Å²) < 4.78 is 16.2. The molecule has 36 heavy (non-hydrogen) atoms. The zero-order valence-corrected chi connectivity index (χ0v) is 21.4. The van der Waals surface area contributed by atoms with Crippen LogP contribution >= 0.6 is 11.8 Å². The van der Waals surface area contributed by atoms with Crippen molar-refractivity contribution in [3.8, 4) is 0 Å². The molecule has 2 heterocycles. The molecule has 3 aliphatic rings. The third-order valence-electron chi connectivity index (χ3n) is 8.76. The van der Waals surface area contributed by atoms with E-state index in [-0.39, 0.29) is 29.3 Å². The minimum absolute atomic E-state index is 0.0697. The topological polar surface area (TPSA) is 99.9 Å². The van der Waals surface area contributed by atoms with Crippen molar-refractivity contribution in [2.24, 2.45) is 28.6 Å². The lowest BCUT2D eigenvalue weighted by Gasteiger charge is -2.61. The molecular weight excluding hydrogens is 480 g/mol. The normalized spacial score (nSPS) is 35.8. The average molecular weight is 511 g/mol. The van der Waals surface area contributed by atoms with Crippen LogP contribution in [-0.4, -0.2) is 35.2 Å². The number of Topliss-reactive ketones (excluding diaryl/α,β-unsaturated/α-hetero) is 1. The number of furan rings is 1. The van der Waals surface area contributed by atoms with Crippen LogP contribution in [-0.2, 0) is 23.9 Å². The number of cyclic esters (lactones) is 1. The third-order valence-corrected chi connectivity index (χ3v) is 9.92. The van der Waals surface area contributed by atoms with Crippen molar-refractivity contribution in [3.05, 3.63) is 60.1 Å². The summed E-state index contributed by atoms with van der Waals surface area (Å²) in [5, 5.41) is -0.918. The standard InChI is InChI=1S/C28H30O7S/c1-27-11-9-18-25(31)35-20(17-10-12-34-15-17)14-28(18,2)23(27)22(29)21(13-19(27)24(30)33-3)36-26(32)16-7-5-4-6-8-16/h4-8,10,12,15,18-21,23H,9,11,13-14H2,1-3H3/t18-,19-,20-,21-,23-,27-,28-/m0/s1. The molecule has 1 saturated heterocycles. The smallest absolute Gasteiger partial charge is 0.310 e. The summed E-state index contributed by atoms with van der Waals surface area (Å²) in [5.41, 5.74) is -0.191. The first-order valence-electron chi connectivity index (χ1n) is 12.3. The summed E-state index contributed by atoms with van der Waals surface area (Å²) in [6.07, 6.45) is 4.28. The van der Waals surface area contributed by atoms with E-state index in [1.807, 2.05) is 19.9 Å². The number of methoxy groups -OCH3 is 1. The van der Waals surface area contributed by atoms with E-state index < -0.39 is 39.9 Å². The molecule has 3 fully saturated rings. The Morgan fingerprint density at radius 1 is 1.08 bits per heavy atom. The Kier molecular flexibility index (Phi) is 6.35. The molecule has 0 bridgehead atoms. The Morgan fingerprint density at radius 2 is 1.83 bits per heavy atom. The molecule has 0 spiro atoms. The van der Waals surface area contributed by atoms with Gasteiger partial charge in [-0.05, 0) is 42.6 Å². The van der Waals surface area contributed by atoms with Gasteiger partial charge in [0.1, 0.15) is 6.10 Å². The minimum Gasteiger partial charge on any atom is -0.472 e. The Morgan fingerprint density at radius 3 is 2.50 bits per heavy atom. The fraction of sp³-hybridized carbons (Fsp3) is 0.500. The van der Waals surface area contributed by atoms with Crippen LogP contribution in [0.1, 0.15) is 61.6 Å². The van der Waals surface area contributed by atoms with Crippen LogP contribution in [0, 0.1) is 28.6 Å². The van der Waals surface area contributed by atoms with E-state index in [0.29, 0.717) is 24.8 Å². The van der Waals surface area contributed by atoms with Gasteiger partial charge in [-0.3, -0.25) is 19.2 Å². The summed E-state index contributed by atoms with van der Waals surface area (Å²) in [6.45, 7) is 3.96. The van der Waals surface area contributed by atoms with Crippen molar-refractivity contribution in [2.75, 3.05) is 7.11 Å². The quantitative estimate of drug-likeness (QED) is 0.529. The Bertz CT molecular complexity index is 1180. The molecule has 5 rings (SSSR count). The van der Waals surface area contributed by atoms with Gasteiger partial charge in [0.2, 0.25) is 5.12 Å². The van der Waals surface area contributed by atoms with E-state index in [2.05, 4.69) is 0 Å². The Hall–Kier alpha value is -2.87. The molecule has 0 N–H and O–H groups in total. The molecule has 1 aromatic heterocycles. The highest BCUT2D eigenvalue weighted by molar-refractivity contribution is 8.15. The van der Waals surface area contributed by atoms with Gasteiger partial charge in [-0.25, -0.2) is 0 Å². The number of rotatable bonds is 4. The van der Waals surface area contributed by atoms with Crippen molar-refractivity contribution >= 4 is 34.6 Å². The maximum absolute atomic E-state index is 14.3. The van der Waals surface area contributed by atoms with Gasteiger partial charge in [-0.2, -0.15) is 0 Å². The highest BCUT2D eigenvalue weighted by Gasteiger charge is 2.67. The van der Waals surface area contributed by atoms with Crippen molar-refractivity contribution in [3.63, 3.8) is 0 Å². The van der Waals surface area contributed by atoms with Gasteiger partial charge in [0.05, 0.1) is 36.7 Å². The van der Waals surface area contributed by atoms with Crippen LogP contribution in [0.15, 0.2) is 53.3 Å². The van der Waals surface area contributed by atoms with Gasteiger partial charge in [-0.15, -0.1) is 0 Å². The molecule has 7 atom stereocenters. The minimum atomic E-state index is -0.747. The van der Waals surface area contributed by atoms with Gasteiger partial charge >= 0.3 is 11.9 Å². The molecule has 0 amide bonds. The molecule has 2 aliphatic carbocycles. The molecule has 190 valence electrons. The van der Waals surface area contributed by atoms with Gasteiger partial charge in [0.15, 0.2) is 5.78 Å². The molecule has 0 radical (unpaired) electrons. The number of hydrogen-bond acceptors (Lipinski definition) is 8. The molecule has 0 unspecified atom stereocenters. The molecule has 7 nitrogen and oxygen atoms in total. The molecule has 1 aliphatic heterocycles. The predicted octanol–water partition coefficient (Wildman–Crippen LogP) is 5.01. The van der Waals surface area contributed by atoms with Crippen molar-refractivity contribution < 1.29 is 33.1 Å². The summed E-state index contributed by atoms with van der Waals surface area (Å²) in [4.78, 5) is 53.6. The summed E-state index contributed by atoms with van der Waals surface area (Å²) in [5.74, 6) is -2.40. The van der Waals surface area contributed by atoms with Gasteiger partial charge in [0.25, 0.3) is 0 Å². The molecule has 2 saturated carbocycles. The summed E-state index contributed by atoms with van der Waals surface area (Å²) in [7, 11) is 1.36. The van der Waals surface area contributed by atoms with E-state index in [0.717, 1.165) is 17.3 Å². The van der Waals surface area contributed by atoms with Gasteiger partial charge in [0, 0.05) is 17.0 Å². The SMILES string of the molecule is COC(=O)[C@@H]1C[C@H](SC(=O)c2ccccc2)C(=O)[C@H]2[C@@]1(C)CC[C@H]1C(=O)O[C@H](c3ccoc3)C[C@]21C. The Labute approximate surface area is 214 Å². The maximum Gasteiger partial charge on any atom is 0.310 e. The zero-order chi connectivity index (χ0) is 25.7. The maximum atomic E-state index is 14.3. The lowest BCUT2D eigenvalue weighted by Crippen LogP contribution is -2.64. The number of carbonyl (C=O) groups is 4. The second-order valence-electron chi connectivity index (χ2n) is 10.7. The van der Waals surface area contributed by atoms with Crippen LogP contribution in [0.2, 0.25) is 0 Å². The number of carbonyl (C=O) groups excluding carboxylic acids is 4. The number of hydrogen-bond donors (Lipinski definition) is 0. The molecule has 8 heteroatoms. The van der Waals surface area contributed by atoms with Crippen LogP contribution in [0.25, 0.3) is 0 Å². The Balaban J connectivity index is 1.54. The van der Waals surface area contributed by atoms with Crippen molar-refractivity contribution in [1.82, 2.24) is 0 Å². The van der Waals surface area contributed by atoms with Crippen LogP contribution in [0.5, 0.6) is 0 Å². The van der Waals surface area contributed by atoms with Gasteiger partial charge in [-0.1, -0.05) is 55.9 Å². The van der Waals surface area contributed by atoms with E-state index in [9.17, 15) is 19.2 Å². The summed E-state index contributed by atoms with van der Waals surface area (Å²) >= 11 is 0.978. The van der Waals surface area contributed by atoms with E-state index >= 15 is 0 Å². The van der Waals surface area contributed by atoms with Gasteiger partial charge < -0.3 is 13.9 Å². The number of thioether (sulfide) groups is 1. The first-order chi connectivity index (χ1) is 17.2. The van der Waals surface area contributed by atoms with Crippen LogP contribution < -0.4 is 0 Å². The highest BCUT2D eigenvalue weighted by atomic mass is 32.2. The van der Waals surface area contributed by atoms with E-state index in [1.54, 1.807) is 36.6 Å². The molecule has 2 aromatic rings. The number of esters is 2. The largest absolute Gasteiger partial charge is 0.472 e. The molecular formula is C28H30O7S. The van der Waals surface area contributed by atoms with Crippen molar-refractivity contribution in [1.29, 1.82) is 0 Å². The highest BCUT2D eigenvalue weighted by Crippen LogP contribution is 2.65. The monoisotopic (exact) mass is 510 g/mol. The number of ether oxygens (including phenoxy) is 2. The fourth-order valence-electron chi connectivity index (χ4n) is 7.03. The first kappa shape index (κ1) is 24.8. The van der Waals surface area contributed by atoms with E-state index in [4.69, 9.17) is 13.9 Å².